The highest BCUT2D eigenvalue weighted by Crippen LogP contribution is 2.17. The van der Waals surface area contributed by atoms with Gasteiger partial charge in [-0.2, -0.15) is 5.10 Å². The second kappa shape index (κ2) is 6.03. The Labute approximate surface area is 115 Å². The monoisotopic (exact) mass is 266 g/mol. The number of rotatable bonds is 5. The molecule has 1 saturated heterocycles. The summed E-state index contributed by atoms with van der Waals surface area (Å²) in [7, 11) is 2.08. The lowest BCUT2D eigenvalue weighted by molar-refractivity contribution is -0.00936. The van der Waals surface area contributed by atoms with E-state index in [-0.39, 0.29) is 0 Å². The van der Waals surface area contributed by atoms with Crippen molar-refractivity contribution in [1.29, 1.82) is 0 Å². The minimum atomic E-state index is -0.562. The molecule has 0 saturated carbocycles. The molecule has 3 N–H and O–H groups in total. The third-order valence-electron chi connectivity index (χ3n) is 4.04. The molecule has 5 nitrogen and oxygen atoms in total. The number of aryl methyl sites for hydroxylation is 2. The highest BCUT2D eigenvalue weighted by atomic mass is 16.3. The van der Waals surface area contributed by atoms with Gasteiger partial charge in [-0.3, -0.25) is 5.10 Å². The molecule has 1 aliphatic heterocycles. The molecule has 1 aromatic heterocycles. The van der Waals surface area contributed by atoms with Crippen LogP contribution >= 0.6 is 0 Å². The van der Waals surface area contributed by atoms with Crippen LogP contribution in [0.4, 0.5) is 0 Å². The molecule has 1 atom stereocenters. The van der Waals surface area contributed by atoms with Gasteiger partial charge in [-0.25, -0.2) is 0 Å². The molecule has 108 valence electrons. The fraction of sp³-hybridized carbons (Fsp3) is 0.786. The van der Waals surface area contributed by atoms with Crippen molar-refractivity contribution in [2.45, 2.75) is 38.7 Å². The topological polar surface area (TPSA) is 64.2 Å². The summed E-state index contributed by atoms with van der Waals surface area (Å²) in [6.45, 7) is 7.52. The van der Waals surface area contributed by atoms with Crippen molar-refractivity contribution in [3.8, 4) is 0 Å². The number of aliphatic hydroxyl groups is 1. The first-order valence-electron chi connectivity index (χ1n) is 7.12. The maximum absolute atomic E-state index is 10.5. The third-order valence-corrected chi connectivity index (χ3v) is 4.04. The molecule has 2 heterocycles. The van der Waals surface area contributed by atoms with Crippen LogP contribution in [0.3, 0.4) is 0 Å². The van der Waals surface area contributed by atoms with Crippen molar-refractivity contribution in [3.63, 3.8) is 0 Å². The molecule has 1 unspecified atom stereocenters. The van der Waals surface area contributed by atoms with Crippen molar-refractivity contribution in [2.75, 3.05) is 33.2 Å². The largest absolute Gasteiger partial charge is 0.387 e. The number of nitrogens with zero attached hydrogens (tertiary/aromatic N) is 2. The molecule has 19 heavy (non-hydrogen) atoms. The zero-order chi connectivity index (χ0) is 13.9. The van der Waals surface area contributed by atoms with Gasteiger partial charge in [0.15, 0.2) is 0 Å². The summed E-state index contributed by atoms with van der Waals surface area (Å²) in [5, 5.41) is 21.0. The van der Waals surface area contributed by atoms with E-state index in [1.54, 1.807) is 0 Å². The van der Waals surface area contributed by atoms with Crippen LogP contribution < -0.4 is 5.32 Å². The Kier molecular flexibility index (Phi) is 4.60. The number of likely N-dealkylation sites (N-methyl/N-ethyl adjacent to an activating group) is 1. The minimum Gasteiger partial charge on any atom is -0.387 e. The zero-order valence-electron chi connectivity index (χ0n) is 12.3. The van der Waals surface area contributed by atoms with Crippen molar-refractivity contribution in [1.82, 2.24) is 20.4 Å². The van der Waals surface area contributed by atoms with Crippen LogP contribution in [-0.4, -0.2) is 59.0 Å². The smallest absolute Gasteiger partial charge is 0.0897 e. The fourth-order valence-electron chi connectivity index (χ4n) is 2.91. The Hall–Kier alpha value is -0.910. The Bertz CT molecular complexity index is 390. The summed E-state index contributed by atoms with van der Waals surface area (Å²) in [6.07, 6.45) is 2.94. The standard InChI is InChI=1S/C14H26N4O/c1-11-13(12(2)17-16-11)5-8-18(3)10-14(19)6-4-7-15-9-14/h15,19H,4-10H2,1-3H3,(H,16,17). The number of aromatic nitrogens is 2. The summed E-state index contributed by atoms with van der Waals surface area (Å²) in [6, 6.07) is 0. The first kappa shape index (κ1) is 14.5. The fourth-order valence-corrected chi connectivity index (χ4v) is 2.91. The van der Waals surface area contributed by atoms with Crippen LogP contribution in [0.2, 0.25) is 0 Å². The molecule has 0 aliphatic carbocycles. The van der Waals surface area contributed by atoms with Crippen LogP contribution in [0.1, 0.15) is 29.8 Å². The van der Waals surface area contributed by atoms with E-state index >= 15 is 0 Å². The predicted molar refractivity (Wildman–Crippen MR) is 76.3 cm³/mol. The minimum absolute atomic E-state index is 0.562. The Morgan fingerprint density at radius 1 is 1.42 bits per heavy atom. The van der Waals surface area contributed by atoms with E-state index in [4.69, 9.17) is 0 Å². The first-order chi connectivity index (χ1) is 9.00. The number of β-amino-alcohol motifs (C(OH)–C–C–N with tert-alkyl or cyclic N) is 1. The number of nitrogens with one attached hydrogen (secondary N) is 2. The summed E-state index contributed by atoms with van der Waals surface area (Å²) < 4.78 is 0. The van der Waals surface area contributed by atoms with Gasteiger partial charge in [-0.05, 0) is 52.3 Å². The Balaban J connectivity index is 1.83. The average Bonchev–Trinajstić information content (AvgIpc) is 2.67. The average molecular weight is 266 g/mol. The Morgan fingerprint density at radius 2 is 2.21 bits per heavy atom. The molecule has 0 aromatic carbocycles. The van der Waals surface area contributed by atoms with Gasteiger partial charge in [0, 0.05) is 25.3 Å². The maximum Gasteiger partial charge on any atom is 0.0897 e. The van der Waals surface area contributed by atoms with E-state index in [9.17, 15) is 5.11 Å². The van der Waals surface area contributed by atoms with Gasteiger partial charge in [0.05, 0.1) is 11.3 Å². The van der Waals surface area contributed by atoms with E-state index < -0.39 is 5.60 Å². The Morgan fingerprint density at radius 3 is 2.79 bits per heavy atom. The van der Waals surface area contributed by atoms with Crippen LogP contribution in [-0.2, 0) is 6.42 Å². The number of H-pyrrole nitrogens is 1. The lowest BCUT2D eigenvalue weighted by Crippen LogP contribution is -2.52. The highest BCUT2D eigenvalue weighted by Gasteiger charge is 2.30. The quantitative estimate of drug-likeness (QED) is 0.731. The number of hydrogen-bond acceptors (Lipinski definition) is 4. The molecule has 0 spiro atoms. The van der Waals surface area contributed by atoms with Crippen molar-refractivity contribution < 1.29 is 5.11 Å². The van der Waals surface area contributed by atoms with Crippen LogP contribution in [0, 0.1) is 13.8 Å². The lowest BCUT2D eigenvalue weighted by Gasteiger charge is -2.36. The summed E-state index contributed by atoms with van der Waals surface area (Å²) in [5.74, 6) is 0. The molecule has 0 bridgehead atoms. The number of hydrogen-bond donors (Lipinski definition) is 3. The van der Waals surface area contributed by atoms with Gasteiger partial charge in [0.2, 0.25) is 0 Å². The summed E-state index contributed by atoms with van der Waals surface area (Å²) >= 11 is 0. The van der Waals surface area contributed by atoms with Gasteiger partial charge >= 0.3 is 0 Å². The van der Waals surface area contributed by atoms with E-state index in [2.05, 4.69) is 34.4 Å². The van der Waals surface area contributed by atoms with Gasteiger partial charge in [-0.15, -0.1) is 0 Å². The van der Waals surface area contributed by atoms with Crippen LogP contribution in [0.25, 0.3) is 0 Å². The number of piperidine rings is 1. The first-order valence-corrected chi connectivity index (χ1v) is 7.12. The van der Waals surface area contributed by atoms with E-state index in [1.807, 2.05) is 6.92 Å². The molecule has 1 fully saturated rings. The van der Waals surface area contributed by atoms with E-state index in [1.165, 1.54) is 5.56 Å². The van der Waals surface area contributed by atoms with Gasteiger partial charge in [-0.1, -0.05) is 0 Å². The van der Waals surface area contributed by atoms with Crippen molar-refractivity contribution >= 4 is 0 Å². The summed E-state index contributed by atoms with van der Waals surface area (Å²) in [4.78, 5) is 2.22. The molecule has 1 aromatic rings. The summed E-state index contributed by atoms with van der Waals surface area (Å²) in [5.41, 5.74) is 2.99. The second-order valence-electron chi connectivity index (χ2n) is 5.91. The van der Waals surface area contributed by atoms with Crippen LogP contribution in [0.5, 0.6) is 0 Å². The second-order valence-corrected chi connectivity index (χ2v) is 5.91. The van der Waals surface area contributed by atoms with Gasteiger partial charge < -0.3 is 15.3 Å². The molecule has 0 amide bonds. The highest BCUT2D eigenvalue weighted by molar-refractivity contribution is 5.23. The zero-order valence-corrected chi connectivity index (χ0v) is 12.3. The van der Waals surface area contributed by atoms with Crippen molar-refractivity contribution in [2.24, 2.45) is 0 Å². The van der Waals surface area contributed by atoms with Crippen LogP contribution in [0.15, 0.2) is 0 Å². The molecular weight excluding hydrogens is 240 g/mol. The normalized spacial score (nSPS) is 24.1. The van der Waals surface area contributed by atoms with E-state index in [0.717, 1.165) is 50.3 Å². The SMILES string of the molecule is Cc1n[nH]c(C)c1CCN(C)CC1(O)CCCNC1. The predicted octanol–water partition coefficient (Wildman–Crippen LogP) is 0.615. The lowest BCUT2D eigenvalue weighted by atomic mass is 9.93. The van der Waals surface area contributed by atoms with Gasteiger partial charge in [0.25, 0.3) is 0 Å². The molecule has 5 heteroatoms. The van der Waals surface area contributed by atoms with Gasteiger partial charge in [0.1, 0.15) is 0 Å². The van der Waals surface area contributed by atoms with Crippen molar-refractivity contribution in [3.05, 3.63) is 17.0 Å². The maximum atomic E-state index is 10.5. The molecule has 2 rings (SSSR count). The van der Waals surface area contributed by atoms with E-state index in [0.29, 0.717) is 6.54 Å². The molecule has 0 radical (unpaired) electrons. The number of aromatic amines is 1. The third kappa shape index (κ3) is 3.78. The molecule has 1 aliphatic rings. The molecular formula is C14H26N4O.